The maximum Gasteiger partial charge on any atom is 0.326 e. The van der Waals surface area contributed by atoms with E-state index in [2.05, 4.69) is 35.1 Å². The van der Waals surface area contributed by atoms with Gasteiger partial charge in [0.1, 0.15) is 18.8 Å². The fraction of sp³-hybridized carbons (Fsp3) is 0.796. The van der Waals surface area contributed by atoms with E-state index in [0.717, 1.165) is 44.9 Å². The zero-order valence-corrected chi connectivity index (χ0v) is 41.3. The highest BCUT2D eigenvalue weighted by molar-refractivity contribution is 8.02. The lowest BCUT2D eigenvalue weighted by atomic mass is 10.0. The highest BCUT2D eigenvalue weighted by Crippen LogP contribution is 2.16. The molecule has 0 saturated carbocycles. The van der Waals surface area contributed by atoms with Crippen molar-refractivity contribution in [1.82, 2.24) is 21.3 Å². The van der Waals surface area contributed by atoms with E-state index in [0.29, 0.717) is 6.42 Å². The van der Waals surface area contributed by atoms with E-state index in [9.17, 15) is 38.4 Å². The molecular weight excluding hydrogens is 869 g/mol. The van der Waals surface area contributed by atoms with E-state index in [-0.39, 0.29) is 37.1 Å². The summed E-state index contributed by atoms with van der Waals surface area (Å²) in [4.78, 5) is 95.8. The molecule has 66 heavy (non-hydrogen) atoms. The van der Waals surface area contributed by atoms with Crippen LogP contribution >= 0.6 is 11.8 Å². The van der Waals surface area contributed by atoms with Crippen LogP contribution in [0, 0.1) is 0 Å². The summed E-state index contributed by atoms with van der Waals surface area (Å²) < 4.78 is 11.2. The number of thioether (sulfide) groups is 1. The van der Waals surface area contributed by atoms with Crippen LogP contribution in [0.2, 0.25) is 0 Å². The molecule has 17 heteroatoms. The van der Waals surface area contributed by atoms with Crippen molar-refractivity contribution < 1.29 is 58.0 Å². The van der Waals surface area contributed by atoms with Crippen LogP contribution in [0.25, 0.3) is 0 Å². The average molecular weight is 955 g/mol. The van der Waals surface area contributed by atoms with Gasteiger partial charge >= 0.3 is 23.9 Å². The Hall–Kier alpha value is -4.15. The minimum atomic E-state index is -1.45. The monoisotopic (exact) mass is 955 g/mol. The lowest BCUT2D eigenvalue weighted by Crippen LogP contribution is -2.47. The van der Waals surface area contributed by atoms with E-state index < -0.39 is 73.8 Å². The Morgan fingerprint density at radius 3 is 1.36 bits per heavy atom. The number of carboxylic acid groups (broad SMARTS) is 2. The number of carbonyl (C=O) groups excluding carboxylic acids is 6. The number of hydrogen-bond acceptors (Lipinski definition) is 11. The Bertz CT molecular complexity index is 1380. The number of hydrogen-bond donors (Lipinski definition) is 6. The third-order valence-electron chi connectivity index (χ3n) is 10.9. The fourth-order valence-corrected chi connectivity index (χ4v) is 7.66. The van der Waals surface area contributed by atoms with Gasteiger partial charge < -0.3 is 41.0 Å². The van der Waals surface area contributed by atoms with Gasteiger partial charge in [0.2, 0.25) is 23.6 Å². The molecule has 6 N–H and O–H groups in total. The highest BCUT2D eigenvalue weighted by atomic mass is 32.2. The van der Waals surface area contributed by atoms with Gasteiger partial charge in [-0.15, -0.1) is 11.8 Å². The summed E-state index contributed by atoms with van der Waals surface area (Å²) in [5, 5.41) is 28.3. The van der Waals surface area contributed by atoms with Crippen molar-refractivity contribution in [2.24, 2.45) is 0 Å². The maximum absolute atomic E-state index is 12.8. The van der Waals surface area contributed by atoms with Crippen LogP contribution in [0.4, 0.5) is 0 Å². The average Bonchev–Trinajstić information content (AvgIpc) is 3.28. The van der Waals surface area contributed by atoms with Crippen LogP contribution in [0.3, 0.4) is 0 Å². The van der Waals surface area contributed by atoms with Gasteiger partial charge in [-0.25, -0.2) is 4.79 Å². The largest absolute Gasteiger partial charge is 0.481 e. The lowest BCUT2D eigenvalue weighted by Gasteiger charge is -2.17. The minimum Gasteiger partial charge on any atom is -0.481 e. The lowest BCUT2D eigenvalue weighted by molar-refractivity contribution is -0.157. The first-order valence-corrected chi connectivity index (χ1v) is 26.1. The van der Waals surface area contributed by atoms with Gasteiger partial charge in [0.15, 0.2) is 0 Å². The molecule has 0 spiro atoms. The highest BCUT2D eigenvalue weighted by Gasteiger charge is 2.21. The van der Waals surface area contributed by atoms with Crippen LogP contribution in [-0.2, 0) is 47.8 Å². The van der Waals surface area contributed by atoms with Crippen LogP contribution in [0.1, 0.15) is 206 Å². The molecular formula is C49H86N4O12S. The smallest absolute Gasteiger partial charge is 0.326 e. The van der Waals surface area contributed by atoms with Gasteiger partial charge in [0.25, 0.3) is 0 Å². The maximum atomic E-state index is 12.8. The molecule has 0 aliphatic rings. The predicted octanol–water partition coefficient (Wildman–Crippen LogP) is 8.43. The van der Waals surface area contributed by atoms with Crippen molar-refractivity contribution in [3.05, 3.63) is 11.5 Å². The van der Waals surface area contributed by atoms with Crippen molar-refractivity contribution in [2.75, 3.05) is 32.0 Å². The summed E-state index contributed by atoms with van der Waals surface area (Å²) in [6.45, 7) is 2.78. The summed E-state index contributed by atoms with van der Waals surface area (Å²) in [5.41, 5.74) is 0. The Morgan fingerprint density at radius 2 is 0.924 bits per heavy atom. The van der Waals surface area contributed by atoms with Crippen LogP contribution in [0.15, 0.2) is 11.5 Å². The standard InChI is InChI=1S/C49H86N4O12S/c1-3-5-7-9-11-13-15-17-19-21-23-25-27-29-47(60)64-38-40(65-48(61)30-28-26-24-22-20-18-16-14-12-10-8-6-4-2)39-66-34-33-42(54)50-35-43(55)51-36-44(56)52-37-45(57)53-41(49(62)63)31-32-46(58)59/h33-34,40-41H,3-32,35-39H2,1-2H3,(H,50,54)(H,51,55)(H,52,56)(H,53,57)(H,58,59)(H,62,63)/b34-33-/t40?,41-/m0/s1. The molecule has 0 rings (SSSR count). The molecule has 0 saturated heterocycles. The van der Waals surface area contributed by atoms with Crippen molar-refractivity contribution in [1.29, 1.82) is 0 Å². The van der Waals surface area contributed by atoms with E-state index in [1.807, 2.05) is 0 Å². The SMILES string of the molecule is CCCCCCCCCCCCCCCC(=O)OCC(CS/C=C\C(=O)NCC(=O)NCC(=O)NCC(=O)N[C@@H](CCC(=O)O)C(=O)O)OC(=O)CCCCCCCCCCCCCCC. The molecule has 0 aliphatic heterocycles. The van der Waals surface area contributed by atoms with Crippen LogP contribution in [-0.4, -0.2) is 102 Å². The molecule has 0 aliphatic carbocycles. The van der Waals surface area contributed by atoms with Gasteiger partial charge in [0, 0.05) is 31.1 Å². The van der Waals surface area contributed by atoms with E-state index >= 15 is 0 Å². The molecule has 0 aromatic rings. The molecule has 2 atom stereocenters. The van der Waals surface area contributed by atoms with Crippen LogP contribution < -0.4 is 21.3 Å². The second-order valence-electron chi connectivity index (χ2n) is 17.1. The third-order valence-corrected chi connectivity index (χ3v) is 11.8. The number of esters is 2. The first kappa shape index (κ1) is 61.9. The predicted molar refractivity (Wildman–Crippen MR) is 259 cm³/mol. The summed E-state index contributed by atoms with van der Waals surface area (Å²) in [7, 11) is 0. The third kappa shape index (κ3) is 42.5. The second-order valence-corrected chi connectivity index (χ2v) is 18.0. The second kappa shape index (κ2) is 44.7. The number of rotatable bonds is 46. The number of amides is 4. The van der Waals surface area contributed by atoms with E-state index in [1.165, 1.54) is 145 Å². The molecule has 0 aromatic heterocycles. The summed E-state index contributed by atoms with van der Waals surface area (Å²) in [6, 6.07) is -1.45. The Morgan fingerprint density at radius 1 is 0.515 bits per heavy atom. The molecule has 4 amide bonds. The first-order chi connectivity index (χ1) is 31.9. The molecule has 380 valence electrons. The molecule has 0 bridgehead atoms. The van der Waals surface area contributed by atoms with Gasteiger partial charge in [-0.05, 0) is 24.7 Å². The number of nitrogens with one attached hydrogen (secondary N) is 4. The number of carboxylic acids is 2. The van der Waals surface area contributed by atoms with Gasteiger partial charge in [-0.3, -0.25) is 33.6 Å². The van der Waals surface area contributed by atoms with Gasteiger partial charge in [-0.1, -0.05) is 168 Å². The number of ether oxygens (including phenoxy) is 2. The van der Waals surface area contributed by atoms with Crippen molar-refractivity contribution in [3.63, 3.8) is 0 Å². The molecule has 16 nitrogen and oxygen atoms in total. The van der Waals surface area contributed by atoms with E-state index in [4.69, 9.17) is 19.7 Å². The first-order valence-electron chi connectivity index (χ1n) is 25.1. The molecule has 0 fully saturated rings. The Kier molecular flexibility index (Phi) is 41.9. The molecule has 0 aromatic carbocycles. The minimum absolute atomic E-state index is 0.0945. The number of aliphatic carboxylic acids is 2. The van der Waals surface area contributed by atoms with Crippen molar-refractivity contribution in [3.8, 4) is 0 Å². The molecule has 0 radical (unpaired) electrons. The van der Waals surface area contributed by atoms with Gasteiger partial charge in [0.05, 0.1) is 19.6 Å². The normalized spacial score (nSPS) is 12.0. The topological polar surface area (TPSA) is 244 Å². The van der Waals surface area contributed by atoms with E-state index in [1.54, 1.807) is 0 Å². The Balaban J connectivity index is 4.67. The van der Waals surface area contributed by atoms with Crippen LogP contribution in [0.5, 0.6) is 0 Å². The quantitative estimate of drug-likeness (QED) is 0.0191. The zero-order valence-electron chi connectivity index (χ0n) is 40.4. The zero-order chi connectivity index (χ0) is 48.9. The summed E-state index contributed by atoms with van der Waals surface area (Å²) >= 11 is 1.18. The van der Waals surface area contributed by atoms with Crippen molar-refractivity contribution >= 4 is 59.3 Å². The Labute approximate surface area is 399 Å². The molecule has 1 unspecified atom stereocenters. The molecule has 0 heterocycles. The van der Waals surface area contributed by atoms with Gasteiger partial charge in [-0.2, -0.15) is 0 Å². The number of carbonyl (C=O) groups is 8. The fourth-order valence-electron chi connectivity index (χ4n) is 6.95. The summed E-state index contributed by atoms with van der Waals surface area (Å²) in [5.74, 6) is -6.04. The number of unbranched alkanes of at least 4 members (excludes halogenated alkanes) is 24. The summed E-state index contributed by atoms with van der Waals surface area (Å²) in [6.07, 6.45) is 31.5. The van der Waals surface area contributed by atoms with Crippen molar-refractivity contribution in [2.45, 2.75) is 219 Å².